The van der Waals surface area contributed by atoms with Gasteiger partial charge in [0, 0.05) is 45.2 Å². The maximum atomic E-state index is 12.7. The van der Waals surface area contributed by atoms with Crippen molar-refractivity contribution in [3.8, 4) is 0 Å². The van der Waals surface area contributed by atoms with E-state index in [9.17, 15) is 4.79 Å². The molecular weight excluding hydrogens is 350 g/mol. The van der Waals surface area contributed by atoms with E-state index in [1.54, 1.807) is 0 Å². The van der Waals surface area contributed by atoms with Gasteiger partial charge in [-0.05, 0) is 11.1 Å². The topological polar surface area (TPSA) is 44.8 Å². The van der Waals surface area contributed by atoms with Gasteiger partial charge in [-0.1, -0.05) is 60.7 Å². The second-order valence-corrected chi connectivity index (χ2v) is 7.57. The number of nitrogens with one attached hydrogen (secondary N) is 1. The van der Waals surface area contributed by atoms with Gasteiger partial charge >= 0.3 is 0 Å². The van der Waals surface area contributed by atoms with E-state index in [1.165, 1.54) is 11.1 Å². The normalized spacial score (nSPS) is 21.0. The second kappa shape index (κ2) is 9.32. The smallest absolute Gasteiger partial charge is 0.224 e. The molecule has 0 aliphatic carbocycles. The maximum Gasteiger partial charge on any atom is 0.224 e. The quantitative estimate of drug-likeness (QED) is 0.866. The van der Waals surface area contributed by atoms with Crippen molar-refractivity contribution in [1.29, 1.82) is 0 Å². The average Bonchev–Trinajstić information content (AvgIpc) is 2.77. The summed E-state index contributed by atoms with van der Waals surface area (Å²) in [4.78, 5) is 17.2. The van der Waals surface area contributed by atoms with E-state index in [0.29, 0.717) is 13.0 Å². The molecule has 2 fully saturated rings. The molecular formula is C23H29N3O2. The van der Waals surface area contributed by atoms with Crippen molar-refractivity contribution in [2.24, 2.45) is 0 Å². The summed E-state index contributed by atoms with van der Waals surface area (Å²) in [6.45, 7) is 5.54. The molecule has 2 aromatic carbocycles. The van der Waals surface area contributed by atoms with Gasteiger partial charge in [-0.2, -0.15) is 0 Å². The number of hydrogen-bond acceptors (Lipinski definition) is 4. The van der Waals surface area contributed by atoms with Crippen LogP contribution in [0.1, 0.15) is 23.6 Å². The van der Waals surface area contributed by atoms with Crippen molar-refractivity contribution in [2.75, 3.05) is 45.9 Å². The summed E-state index contributed by atoms with van der Waals surface area (Å²) < 4.78 is 5.48. The summed E-state index contributed by atoms with van der Waals surface area (Å²) in [6, 6.07) is 21.7. The highest BCUT2D eigenvalue weighted by Gasteiger charge is 2.29. The van der Waals surface area contributed by atoms with Crippen LogP contribution in [0.15, 0.2) is 60.7 Å². The summed E-state index contributed by atoms with van der Waals surface area (Å²) in [5, 5.41) is 3.38. The molecule has 2 saturated heterocycles. The van der Waals surface area contributed by atoms with E-state index < -0.39 is 0 Å². The number of piperazine rings is 1. The molecule has 0 aromatic heterocycles. The fourth-order valence-corrected chi connectivity index (χ4v) is 4.20. The van der Waals surface area contributed by atoms with E-state index in [-0.39, 0.29) is 18.0 Å². The highest BCUT2D eigenvalue weighted by atomic mass is 16.5. The van der Waals surface area contributed by atoms with Gasteiger partial charge in [0.2, 0.25) is 5.91 Å². The van der Waals surface area contributed by atoms with Crippen LogP contribution < -0.4 is 5.32 Å². The fraction of sp³-hybridized carbons (Fsp3) is 0.435. The minimum Gasteiger partial charge on any atom is -0.378 e. The second-order valence-electron chi connectivity index (χ2n) is 7.57. The van der Waals surface area contributed by atoms with Crippen LogP contribution >= 0.6 is 0 Å². The third kappa shape index (κ3) is 4.61. The zero-order valence-corrected chi connectivity index (χ0v) is 16.3. The van der Waals surface area contributed by atoms with Crippen LogP contribution in [0.25, 0.3) is 0 Å². The van der Waals surface area contributed by atoms with Crippen LogP contribution in [-0.4, -0.2) is 67.7 Å². The van der Waals surface area contributed by atoms with E-state index in [2.05, 4.69) is 70.9 Å². The molecule has 0 saturated carbocycles. The lowest BCUT2D eigenvalue weighted by Crippen LogP contribution is -2.52. The van der Waals surface area contributed by atoms with Crippen molar-refractivity contribution in [3.63, 3.8) is 0 Å². The Kier molecular flexibility index (Phi) is 6.37. The molecule has 2 heterocycles. The molecule has 1 unspecified atom stereocenters. The largest absolute Gasteiger partial charge is 0.378 e. The van der Waals surface area contributed by atoms with Crippen LogP contribution in [-0.2, 0) is 9.53 Å². The zero-order chi connectivity index (χ0) is 19.2. The van der Waals surface area contributed by atoms with Crippen LogP contribution in [0.3, 0.4) is 0 Å². The molecule has 4 rings (SSSR count). The number of hydrogen-bond donors (Lipinski definition) is 1. The summed E-state index contributed by atoms with van der Waals surface area (Å²) in [7, 11) is 0. The summed E-state index contributed by atoms with van der Waals surface area (Å²) in [6.07, 6.45) is 0.529. The van der Waals surface area contributed by atoms with Gasteiger partial charge in [-0.15, -0.1) is 0 Å². The van der Waals surface area contributed by atoms with Crippen LogP contribution in [0.4, 0.5) is 0 Å². The van der Waals surface area contributed by atoms with Gasteiger partial charge in [-0.3, -0.25) is 9.69 Å². The van der Waals surface area contributed by atoms with Gasteiger partial charge in [0.25, 0.3) is 0 Å². The van der Waals surface area contributed by atoms with Crippen LogP contribution in [0.2, 0.25) is 0 Å². The standard InChI is InChI=1S/C23H29N3O2/c27-22(17-21-18-28-16-11-24-21)25-12-14-26(15-13-25)23(19-7-3-1-4-8-19)20-9-5-2-6-10-20/h1-10,21,23-24H,11-18H2. The van der Waals surface area contributed by atoms with E-state index in [4.69, 9.17) is 4.74 Å². The molecule has 1 N–H and O–H groups in total. The van der Waals surface area contributed by atoms with Gasteiger partial charge in [0.05, 0.1) is 19.3 Å². The maximum absolute atomic E-state index is 12.7. The number of benzene rings is 2. The van der Waals surface area contributed by atoms with Crippen molar-refractivity contribution < 1.29 is 9.53 Å². The molecule has 148 valence electrons. The van der Waals surface area contributed by atoms with Gasteiger partial charge < -0.3 is 15.0 Å². The molecule has 2 aliphatic rings. The predicted octanol–water partition coefficient (Wildman–Crippen LogP) is 2.30. The Balaban J connectivity index is 1.41. The molecule has 1 amide bonds. The SMILES string of the molecule is O=C(CC1COCCN1)N1CCN(C(c2ccccc2)c2ccccc2)CC1. The third-order valence-electron chi connectivity index (χ3n) is 5.68. The Morgan fingerprint density at radius 1 is 0.964 bits per heavy atom. The Bertz CT molecular complexity index is 699. The molecule has 1 atom stereocenters. The van der Waals surface area contributed by atoms with Crippen molar-refractivity contribution in [3.05, 3.63) is 71.8 Å². The van der Waals surface area contributed by atoms with Gasteiger partial charge in [0.1, 0.15) is 0 Å². The number of carbonyl (C=O) groups is 1. The summed E-state index contributed by atoms with van der Waals surface area (Å²) in [5.41, 5.74) is 2.61. The van der Waals surface area contributed by atoms with Crippen molar-refractivity contribution in [2.45, 2.75) is 18.5 Å². The lowest BCUT2D eigenvalue weighted by molar-refractivity contribution is -0.134. The first-order valence-electron chi connectivity index (χ1n) is 10.2. The Hall–Kier alpha value is -2.21. The van der Waals surface area contributed by atoms with Crippen molar-refractivity contribution >= 4 is 5.91 Å². The molecule has 5 heteroatoms. The highest BCUT2D eigenvalue weighted by Crippen LogP contribution is 2.29. The number of ether oxygens (including phenoxy) is 1. The van der Waals surface area contributed by atoms with Crippen LogP contribution in [0.5, 0.6) is 0 Å². The van der Waals surface area contributed by atoms with E-state index in [1.807, 2.05) is 4.90 Å². The molecule has 0 spiro atoms. The first kappa shape index (κ1) is 19.1. The Labute approximate surface area is 167 Å². The van der Waals surface area contributed by atoms with E-state index >= 15 is 0 Å². The van der Waals surface area contributed by atoms with Gasteiger partial charge in [0.15, 0.2) is 0 Å². The highest BCUT2D eigenvalue weighted by molar-refractivity contribution is 5.77. The Morgan fingerprint density at radius 2 is 1.57 bits per heavy atom. The lowest BCUT2D eigenvalue weighted by Gasteiger charge is -2.40. The Morgan fingerprint density at radius 3 is 2.11 bits per heavy atom. The third-order valence-corrected chi connectivity index (χ3v) is 5.68. The van der Waals surface area contributed by atoms with E-state index in [0.717, 1.165) is 39.3 Å². The summed E-state index contributed by atoms with van der Waals surface area (Å²) in [5.74, 6) is 0.235. The number of carbonyl (C=O) groups excluding carboxylic acids is 1. The van der Waals surface area contributed by atoms with Crippen molar-refractivity contribution in [1.82, 2.24) is 15.1 Å². The average molecular weight is 380 g/mol. The lowest BCUT2D eigenvalue weighted by atomic mass is 9.96. The molecule has 28 heavy (non-hydrogen) atoms. The first-order valence-corrected chi connectivity index (χ1v) is 10.2. The first-order chi connectivity index (χ1) is 13.8. The number of morpholine rings is 1. The minimum atomic E-state index is 0.153. The predicted molar refractivity (Wildman–Crippen MR) is 110 cm³/mol. The molecule has 0 bridgehead atoms. The fourth-order valence-electron chi connectivity index (χ4n) is 4.20. The summed E-state index contributed by atoms with van der Waals surface area (Å²) >= 11 is 0. The molecule has 2 aliphatic heterocycles. The van der Waals surface area contributed by atoms with Crippen LogP contribution in [0, 0.1) is 0 Å². The minimum absolute atomic E-state index is 0.153. The van der Waals surface area contributed by atoms with Gasteiger partial charge in [-0.25, -0.2) is 0 Å². The zero-order valence-electron chi connectivity index (χ0n) is 16.3. The monoisotopic (exact) mass is 379 g/mol. The number of rotatable bonds is 5. The molecule has 0 radical (unpaired) electrons. The molecule has 5 nitrogen and oxygen atoms in total. The molecule has 2 aromatic rings. The number of amides is 1. The number of nitrogens with zero attached hydrogens (tertiary/aromatic N) is 2.